The number of aromatic nitrogens is 4. The third-order valence-corrected chi connectivity index (χ3v) is 5.49. The van der Waals surface area contributed by atoms with Gasteiger partial charge < -0.3 is 9.97 Å². The number of nitrogens with one attached hydrogen (secondary N) is 2. The van der Waals surface area contributed by atoms with Gasteiger partial charge >= 0.3 is 11.1 Å². The fourth-order valence-corrected chi connectivity index (χ4v) is 4.44. The van der Waals surface area contributed by atoms with E-state index in [1.165, 1.54) is 0 Å². The normalized spacial score (nSPS) is 15.8. The molecule has 0 bridgehead atoms. The van der Waals surface area contributed by atoms with Crippen molar-refractivity contribution in [1.29, 1.82) is 0 Å². The second-order valence-corrected chi connectivity index (χ2v) is 7.60. The van der Waals surface area contributed by atoms with Crippen LogP contribution in [0.25, 0.3) is 22.1 Å². The molecule has 27 heavy (non-hydrogen) atoms. The van der Waals surface area contributed by atoms with Gasteiger partial charge in [-0.1, -0.05) is 28.1 Å². The van der Waals surface area contributed by atoms with E-state index in [4.69, 9.17) is 0 Å². The summed E-state index contributed by atoms with van der Waals surface area (Å²) in [5.41, 5.74) is 3.39. The molecule has 2 N–H and O–H groups in total. The zero-order chi connectivity index (χ0) is 17.8. The Morgan fingerprint density at radius 2 is 1.96 bits per heavy atom. The van der Waals surface area contributed by atoms with Gasteiger partial charge in [0.2, 0.25) is 0 Å². The van der Waals surface area contributed by atoms with E-state index in [1.807, 2.05) is 36.4 Å². The van der Waals surface area contributed by atoms with Crippen LogP contribution in [-0.4, -0.2) is 19.5 Å². The molecule has 0 saturated heterocycles. The van der Waals surface area contributed by atoms with Gasteiger partial charge in [-0.15, -0.1) is 12.4 Å². The molecule has 0 fully saturated rings. The summed E-state index contributed by atoms with van der Waals surface area (Å²) >= 11 is 3.48. The lowest BCUT2D eigenvalue weighted by Crippen LogP contribution is -2.40. The minimum atomic E-state index is -0.585. The maximum absolute atomic E-state index is 12.6. The van der Waals surface area contributed by atoms with E-state index in [1.54, 1.807) is 4.57 Å². The number of rotatable bonds is 2. The maximum atomic E-state index is 12.6. The van der Waals surface area contributed by atoms with Gasteiger partial charge in [-0.3, -0.25) is 14.2 Å². The molecule has 0 amide bonds. The van der Waals surface area contributed by atoms with E-state index in [-0.39, 0.29) is 18.4 Å². The smallest absolute Gasteiger partial charge is 0.317 e. The third kappa shape index (κ3) is 2.91. The summed E-state index contributed by atoms with van der Waals surface area (Å²) in [5, 5.41) is 0. The molecule has 5 rings (SSSR count). The first-order valence-electron chi connectivity index (χ1n) is 8.51. The summed E-state index contributed by atoms with van der Waals surface area (Å²) < 4.78 is 2.56. The highest BCUT2D eigenvalue weighted by Crippen LogP contribution is 2.32. The van der Waals surface area contributed by atoms with Crippen LogP contribution in [0.1, 0.15) is 23.9 Å². The number of nitrogens with zero attached hydrogens (tertiary/aromatic N) is 2. The molecule has 6 nitrogen and oxygen atoms in total. The van der Waals surface area contributed by atoms with Gasteiger partial charge in [0.25, 0.3) is 0 Å². The van der Waals surface area contributed by atoms with Gasteiger partial charge in [0.05, 0.1) is 22.1 Å². The predicted octanol–water partition coefficient (Wildman–Crippen LogP) is 3.48. The van der Waals surface area contributed by atoms with Crippen LogP contribution in [0.5, 0.6) is 0 Å². The monoisotopic (exact) mass is 446 g/mol. The third-order valence-electron chi connectivity index (χ3n) is 5.04. The number of aryl methyl sites for hydroxylation is 1. The molecule has 1 aliphatic heterocycles. The van der Waals surface area contributed by atoms with Crippen molar-refractivity contribution in [3.8, 4) is 0 Å². The van der Waals surface area contributed by atoms with E-state index in [2.05, 4.69) is 30.9 Å². The van der Waals surface area contributed by atoms with Crippen LogP contribution in [-0.2, 0) is 12.8 Å². The van der Waals surface area contributed by atoms with E-state index in [0.29, 0.717) is 11.9 Å². The van der Waals surface area contributed by atoms with Crippen LogP contribution in [0.2, 0.25) is 0 Å². The molecule has 8 heteroatoms. The van der Waals surface area contributed by atoms with E-state index in [9.17, 15) is 9.59 Å². The molecule has 1 atom stereocenters. The van der Waals surface area contributed by atoms with Gasteiger partial charge in [0.15, 0.2) is 0 Å². The molecule has 1 unspecified atom stereocenters. The van der Waals surface area contributed by atoms with E-state index < -0.39 is 11.1 Å². The van der Waals surface area contributed by atoms with Gasteiger partial charge in [-0.25, -0.2) is 4.98 Å². The summed E-state index contributed by atoms with van der Waals surface area (Å²) in [6.07, 6.45) is 2.23. The van der Waals surface area contributed by atoms with Crippen LogP contribution >= 0.6 is 28.3 Å². The SMILES string of the molecule is Cl.O=c1[nH]c2cc(Br)cc3c2n(c1=O)C(Cc1nc2ccccc2[nH]1)CC3. The highest BCUT2D eigenvalue weighted by molar-refractivity contribution is 9.10. The second kappa shape index (κ2) is 6.65. The molecule has 4 aromatic rings. The first-order chi connectivity index (χ1) is 12.6. The standard InChI is InChI=1S/C19H15BrN4O2.ClH/c20-11-7-10-5-6-12(9-16-21-13-3-1-2-4-14(13)22-16)24-17(10)15(8-11)23-18(25)19(24)26;/h1-4,7-8,12H,5-6,9H2,(H,21,22)(H,23,25);1H. The summed E-state index contributed by atoms with van der Waals surface area (Å²) in [7, 11) is 0. The lowest BCUT2D eigenvalue weighted by atomic mass is 9.96. The topological polar surface area (TPSA) is 83.5 Å². The van der Waals surface area contributed by atoms with Crippen LogP contribution in [0.3, 0.4) is 0 Å². The Balaban J connectivity index is 0.00000180. The number of hydrogen-bond donors (Lipinski definition) is 2. The van der Waals surface area contributed by atoms with Crippen molar-refractivity contribution in [1.82, 2.24) is 19.5 Å². The molecule has 0 spiro atoms. The molecule has 3 heterocycles. The number of H-pyrrole nitrogens is 2. The molecule has 0 radical (unpaired) electrons. The summed E-state index contributed by atoms with van der Waals surface area (Å²) in [5.74, 6) is 0.831. The first kappa shape index (κ1) is 18.0. The number of halogens is 2. The Bertz CT molecular complexity index is 1260. The lowest BCUT2D eigenvalue weighted by molar-refractivity contribution is 0.438. The van der Waals surface area contributed by atoms with Crippen molar-refractivity contribution in [3.05, 3.63) is 73.0 Å². The maximum Gasteiger partial charge on any atom is 0.317 e. The molecular formula is C19H16BrClN4O2. The average Bonchev–Trinajstić information content (AvgIpc) is 3.02. The molecule has 138 valence electrons. The minimum Gasteiger partial charge on any atom is -0.342 e. The molecular weight excluding hydrogens is 432 g/mol. The molecule has 0 saturated carbocycles. The molecule has 2 aromatic heterocycles. The van der Waals surface area contributed by atoms with Crippen LogP contribution in [0.4, 0.5) is 0 Å². The molecule has 1 aliphatic rings. The van der Waals surface area contributed by atoms with E-state index in [0.717, 1.165) is 45.3 Å². The predicted molar refractivity (Wildman–Crippen MR) is 111 cm³/mol. The van der Waals surface area contributed by atoms with Crippen molar-refractivity contribution in [2.75, 3.05) is 0 Å². The fourth-order valence-electron chi connectivity index (χ4n) is 3.93. The Morgan fingerprint density at radius 1 is 1.15 bits per heavy atom. The fraction of sp³-hybridized carbons (Fsp3) is 0.211. The van der Waals surface area contributed by atoms with Crippen molar-refractivity contribution >= 4 is 50.4 Å². The van der Waals surface area contributed by atoms with Crippen LogP contribution in [0.15, 0.2) is 50.5 Å². The zero-order valence-electron chi connectivity index (χ0n) is 14.2. The average molecular weight is 448 g/mol. The number of aromatic amines is 2. The van der Waals surface area contributed by atoms with Crippen molar-refractivity contribution in [2.24, 2.45) is 0 Å². The Hall–Kier alpha value is -2.38. The Kier molecular flexibility index (Phi) is 4.44. The number of imidazole rings is 1. The van der Waals surface area contributed by atoms with Crippen LogP contribution in [0, 0.1) is 0 Å². The van der Waals surface area contributed by atoms with Gasteiger partial charge in [-0.05, 0) is 42.7 Å². The number of fused-ring (bicyclic) bond motifs is 1. The number of benzene rings is 2. The summed E-state index contributed by atoms with van der Waals surface area (Å²) in [6, 6.07) is 11.6. The highest BCUT2D eigenvalue weighted by atomic mass is 79.9. The molecule has 2 aromatic carbocycles. The van der Waals surface area contributed by atoms with Gasteiger partial charge in [-0.2, -0.15) is 0 Å². The Morgan fingerprint density at radius 3 is 2.78 bits per heavy atom. The minimum absolute atomic E-state index is 0. The van der Waals surface area contributed by atoms with Crippen LogP contribution < -0.4 is 11.1 Å². The zero-order valence-corrected chi connectivity index (χ0v) is 16.6. The summed E-state index contributed by atoms with van der Waals surface area (Å²) in [6.45, 7) is 0. The van der Waals surface area contributed by atoms with E-state index >= 15 is 0 Å². The first-order valence-corrected chi connectivity index (χ1v) is 9.30. The van der Waals surface area contributed by atoms with Crippen molar-refractivity contribution in [2.45, 2.75) is 25.3 Å². The largest absolute Gasteiger partial charge is 0.342 e. The Labute approximate surface area is 168 Å². The number of hydrogen-bond acceptors (Lipinski definition) is 3. The van der Waals surface area contributed by atoms with Crippen molar-refractivity contribution in [3.63, 3.8) is 0 Å². The quantitative estimate of drug-likeness (QED) is 0.462. The molecule has 0 aliphatic carbocycles. The summed E-state index contributed by atoms with van der Waals surface area (Å²) in [4.78, 5) is 35.5. The second-order valence-electron chi connectivity index (χ2n) is 6.69. The van der Waals surface area contributed by atoms with Gasteiger partial charge in [0, 0.05) is 16.9 Å². The highest BCUT2D eigenvalue weighted by Gasteiger charge is 2.25. The number of para-hydroxylation sites is 2. The van der Waals surface area contributed by atoms with Gasteiger partial charge in [0.1, 0.15) is 5.82 Å². The van der Waals surface area contributed by atoms with Crippen molar-refractivity contribution < 1.29 is 0 Å². The lowest BCUT2D eigenvalue weighted by Gasteiger charge is -2.27.